The summed E-state index contributed by atoms with van der Waals surface area (Å²) in [5.41, 5.74) is 5.80. The van der Waals surface area contributed by atoms with Gasteiger partial charge in [0.05, 0.1) is 5.56 Å². The molecule has 0 aliphatic heterocycles. The van der Waals surface area contributed by atoms with Crippen LogP contribution in [0.3, 0.4) is 0 Å². The summed E-state index contributed by atoms with van der Waals surface area (Å²) in [5, 5.41) is 3.65. The SMILES string of the molecule is CCc1noc(-c2cc(F)c(F)cc2N)n1. The average Bonchev–Trinajstić information content (AvgIpc) is 2.71. The van der Waals surface area contributed by atoms with Crippen molar-refractivity contribution < 1.29 is 13.3 Å². The molecule has 0 bridgehead atoms. The van der Waals surface area contributed by atoms with Gasteiger partial charge < -0.3 is 10.3 Å². The molecule has 0 fully saturated rings. The minimum Gasteiger partial charge on any atom is -0.398 e. The lowest BCUT2D eigenvalue weighted by Crippen LogP contribution is -1.95. The Bertz CT molecular complexity index is 525. The zero-order valence-corrected chi connectivity index (χ0v) is 8.50. The molecule has 0 aliphatic carbocycles. The zero-order valence-electron chi connectivity index (χ0n) is 8.50. The summed E-state index contributed by atoms with van der Waals surface area (Å²) in [5.74, 6) is -1.43. The molecule has 0 aliphatic rings. The van der Waals surface area contributed by atoms with Crippen LogP contribution in [-0.2, 0) is 6.42 Å². The number of nitrogens with two attached hydrogens (primary N) is 1. The highest BCUT2D eigenvalue weighted by Crippen LogP contribution is 2.26. The molecule has 4 nitrogen and oxygen atoms in total. The summed E-state index contributed by atoms with van der Waals surface area (Å²) in [6, 6.07) is 1.83. The lowest BCUT2D eigenvalue weighted by molar-refractivity contribution is 0.423. The van der Waals surface area contributed by atoms with Crippen molar-refractivity contribution in [3.8, 4) is 11.5 Å². The van der Waals surface area contributed by atoms with E-state index in [1.54, 1.807) is 0 Å². The Morgan fingerprint density at radius 3 is 2.62 bits per heavy atom. The minimum absolute atomic E-state index is 0.0604. The van der Waals surface area contributed by atoms with Gasteiger partial charge in [-0.15, -0.1) is 0 Å². The predicted molar refractivity (Wildman–Crippen MR) is 53.4 cm³/mol. The van der Waals surface area contributed by atoms with Crippen molar-refractivity contribution in [1.29, 1.82) is 0 Å². The van der Waals surface area contributed by atoms with Crippen LogP contribution in [0.25, 0.3) is 11.5 Å². The molecule has 0 atom stereocenters. The lowest BCUT2D eigenvalue weighted by atomic mass is 10.1. The van der Waals surface area contributed by atoms with E-state index in [-0.39, 0.29) is 17.1 Å². The third-order valence-electron chi connectivity index (χ3n) is 2.11. The Kier molecular flexibility index (Phi) is 2.55. The van der Waals surface area contributed by atoms with Gasteiger partial charge in [-0.3, -0.25) is 0 Å². The van der Waals surface area contributed by atoms with Crippen molar-refractivity contribution in [2.75, 3.05) is 5.73 Å². The van der Waals surface area contributed by atoms with Crippen LogP contribution in [0.2, 0.25) is 0 Å². The smallest absolute Gasteiger partial charge is 0.260 e. The molecule has 0 unspecified atom stereocenters. The van der Waals surface area contributed by atoms with Gasteiger partial charge in [-0.25, -0.2) is 8.78 Å². The van der Waals surface area contributed by atoms with Crippen LogP contribution in [0.15, 0.2) is 16.7 Å². The number of hydrogen-bond acceptors (Lipinski definition) is 4. The van der Waals surface area contributed by atoms with E-state index in [0.29, 0.717) is 12.2 Å². The fourth-order valence-corrected chi connectivity index (χ4v) is 1.25. The number of anilines is 1. The van der Waals surface area contributed by atoms with E-state index in [1.807, 2.05) is 6.92 Å². The fourth-order valence-electron chi connectivity index (χ4n) is 1.25. The molecule has 16 heavy (non-hydrogen) atoms. The number of aryl methyl sites for hydroxylation is 1. The summed E-state index contributed by atoms with van der Waals surface area (Å²) in [7, 11) is 0. The Morgan fingerprint density at radius 1 is 1.31 bits per heavy atom. The summed E-state index contributed by atoms with van der Waals surface area (Å²) < 4.78 is 30.7. The summed E-state index contributed by atoms with van der Waals surface area (Å²) in [6.07, 6.45) is 0.590. The molecule has 0 radical (unpaired) electrons. The zero-order chi connectivity index (χ0) is 11.7. The first-order chi connectivity index (χ1) is 7.61. The third-order valence-corrected chi connectivity index (χ3v) is 2.11. The van der Waals surface area contributed by atoms with Gasteiger partial charge in [0.15, 0.2) is 17.5 Å². The molecule has 0 spiro atoms. The van der Waals surface area contributed by atoms with E-state index in [1.165, 1.54) is 0 Å². The van der Waals surface area contributed by atoms with Crippen LogP contribution in [0, 0.1) is 11.6 Å². The van der Waals surface area contributed by atoms with Gasteiger partial charge in [0, 0.05) is 18.2 Å². The molecular formula is C10H9F2N3O. The number of rotatable bonds is 2. The highest BCUT2D eigenvalue weighted by molar-refractivity contribution is 5.70. The van der Waals surface area contributed by atoms with E-state index in [9.17, 15) is 8.78 Å². The van der Waals surface area contributed by atoms with E-state index in [0.717, 1.165) is 12.1 Å². The van der Waals surface area contributed by atoms with Gasteiger partial charge >= 0.3 is 0 Å². The average molecular weight is 225 g/mol. The van der Waals surface area contributed by atoms with Crippen LogP contribution >= 0.6 is 0 Å². The standard InChI is InChI=1S/C10H9F2N3O/c1-2-9-14-10(16-15-9)5-3-6(11)7(12)4-8(5)13/h3-4H,2,13H2,1H3. The largest absolute Gasteiger partial charge is 0.398 e. The molecule has 1 aromatic carbocycles. The Hall–Kier alpha value is -1.98. The Labute approximate surface area is 90.1 Å². The molecule has 0 saturated heterocycles. The second-order valence-electron chi connectivity index (χ2n) is 3.22. The van der Waals surface area contributed by atoms with Crippen molar-refractivity contribution in [3.05, 3.63) is 29.6 Å². The second kappa shape index (κ2) is 3.88. The molecule has 2 N–H and O–H groups in total. The van der Waals surface area contributed by atoms with Crippen molar-refractivity contribution in [1.82, 2.24) is 10.1 Å². The lowest BCUT2D eigenvalue weighted by Gasteiger charge is -2.01. The summed E-state index contributed by atoms with van der Waals surface area (Å²) in [6.45, 7) is 1.85. The molecule has 2 aromatic rings. The van der Waals surface area contributed by atoms with E-state index >= 15 is 0 Å². The maximum atomic E-state index is 13.0. The van der Waals surface area contributed by atoms with Gasteiger partial charge in [0.25, 0.3) is 5.89 Å². The maximum Gasteiger partial charge on any atom is 0.260 e. The predicted octanol–water partition coefficient (Wildman–Crippen LogP) is 2.16. The molecule has 1 aromatic heterocycles. The van der Waals surface area contributed by atoms with Gasteiger partial charge in [-0.05, 0) is 6.07 Å². The molecule has 0 saturated carbocycles. The molecule has 2 rings (SSSR count). The van der Waals surface area contributed by atoms with Gasteiger partial charge in [0.1, 0.15) is 0 Å². The van der Waals surface area contributed by atoms with E-state index < -0.39 is 11.6 Å². The fraction of sp³-hybridized carbons (Fsp3) is 0.200. The first-order valence-corrected chi connectivity index (χ1v) is 4.69. The van der Waals surface area contributed by atoms with Crippen LogP contribution in [0.1, 0.15) is 12.7 Å². The topological polar surface area (TPSA) is 64.9 Å². The van der Waals surface area contributed by atoms with E-state index in [2.05, 4.69) is 10.1 Å². The number of benzene rings is 1. The highest BCUT2D eigenvalue weighted by atomic mass is 19.2. The normalized spacial score (nSPS) is 10.7. The highest BCUT2D eigenvalue weighted by Gasteiger charge is 2.14. The van der Waals surface area contributed by atoms with Crippen LogP contribution in [-0.4, -0.2) is 10.1 Å². The van der Waals surface area contributed by atoms with Gasteiger partial charge in [-0.2, -0.15) is 4.98 Å². The number of hydrogen-bond donors (Lipinski definition) is 1. The van der Waals surface area contributed by atoms with E-state index in [4.69, 9.17) is 10.3 Å². The van der Waals surface area contributed by atoms with Crippen molar-refractivity contribution >= 4 is 5.69 Å². The Balaban J connectivity index is 2.51. The van der Waals surface area contributed by atoms with Crippen molar-refractivity contribution in [2.45, 2.75) is 13.3 Å². The molecule has 6 heteroatoms. The first kappa shape index (κ1) is 10.5. The maximum absolute atomic E-state index is 13.0. The van der Waals surface area contributed by atoms with Gasteiger partial charge in [0.2, 0.25) is 0 Å². The second-order valence-corrected chi connectivity index (χ2v) is 3.22. The van der Waals surface area contributed by atoms with Crippen LogP contribution in [0.4, 0.5) is 14.5 Å². The minimum atomic E-state index is -1.00. The molecular weight excluding hydrogens is 216 g/mol. The molecule has 0 amide bonds. The summed E-state index contributed by atoms with van der Waals surface area (Å²) in [4.78, 5) is 3.98. The Morgan fingerprint density at radius 2 is 2.00 bits per heavy atom. The van der Waals surface area contributed by atoms with Crippen LogP contribution in [0.5, 0.6) is 0 Å². The number of nitrogen functional groups attached to an aromatic ring is 1. The number of halogens is 2. The number of aromatic nitrogens is 2. The molecule has 84 valence electrons. The molecule has 1 heterocycles. The first-order valence-electron chi connectivity index (χ1n) is 4.69. The van der Waals surface area contributed by atoms with Crippen LogP contribution < -0.4 is 5.73 Å². The van der Waals surface area contributed by atoms with Crippen molar-refractivity contribution in [2.24, 2.45) is 0 Å². The third kappa shape index (κ3) is 1.73. The van der Waals surface area contributed by atoms with Gasteiger partial charge in [-0.1, -0.05) is 12.1 Å². The number of nitrogens with zero attached hydrogens (tertiary/aromatic N) is 2. The quantitative estimate of drug-likeness (QED) is 0.795. The summed E-state index contributed by atoms with van der Waals surface area (Å²) >= 11 is 0. The monoisotopic (exact) mass is 225 g/mol. The van der Waals surface area contributed by atoms with Crippen molar-refractivity contribution in [3.63, 3.8) is 0 Å².